The van der Waals surface area contributed by atoms with Crippen molar-refractivity contribution in [2.24, 2.45) is 0 Å². The van der Waals surface area contributed by atoms with E-state index >= 15 is 0 Å². The molecule has 67 heavy (non-hydrogen) atoms. The number of rotatable bonds is 29. The fourth-order valence-electron chi connectivity index (χ4n) is 7.14. The van der Waals surface area contributed by atoms with E-state index in [1.807, 2.05) is 0 Å². The molecule has 30 nitrogen and oxygen atoms in total. The number of amides is 4. The molecule has 0 radical (unpaired) electrons. The minimum absolute atomic E-state index is 0.0263. The van der Waals surface area contributed by atoms with Gasteiger partial charge in [0.2, 0.25) is 0 Å². The number of aliphatic hydroxyl groups is 2. The molecule has 2 atom stereocenters. The Bertz CT molecular complexity index is 2430. The number of ether oxygens (including phenoxy) is 7. The number of aromatic nitrogens is 6. The molecule has 4 amide bonds. The first-order valence-corrected chi connectivity index (χ1v) is 20.8. The molecule has 2 fully saturated rings. The highest BCUT2D eigenvalue weighted by atomic mass is 16.5. The summed E-state index contributed by atoms with van der Waals surface area (Å²) in [5.74, 6) is -2.60. The zero-order chi connectivity index (χ0) is 49.4. The molecule has 0 aliphatic carbocycles. The molecule has 2 aliphatic rings. The Labute approximate surface area is 379 Å². The van der Waals surface area contributed by atoms with Crippen LogP contribution in [0.4, 0.5) is 9.59 Å². The lowest BCUT2D eigenvalue weighted by Gasteiger charge is -2.28. The summed E-state index contributed by atoms with van der Waals surface area (Å²) in [6.45, 7) is -6.20. The first kappa shape index (κ1) is 53.1. The van der Waals surface area contributed by atoms with E-state index in [4.69, 9.17) is 33.5 Å². The number of unbranched alkanes of at least 4 members (excludes halogenated alkanes) is 1. The third kappa shape index (κ3) is 12.5. The van der Waals surface area contributed by atoms with Gasteiger partial charge in [-0.3, -0.25) is 34.0 Å². The second-order valence-electron chi connectivity index (χ2n) is 14.6. The van der Waals surface area contributed by atoms with Crippen LogP contribution in [0.15, 0.2) is 28.8 Å². The standard InChI is InChI=1S/C37H56N10O20/c1-61-21-44-28-29(46(23-63-3)36(44)59)47(37(60)45(28)22-62-2)24-65-19-14-42-33(56)41(13-17-49)34(57)43(35(42)58)15-20-67-27(52)9-12-40-31(54)38(10-7-25(50)64-4)30(53)39(32(40)55)11-8-26(51)66-18-6-5-16-48/h28-29,48-49H,5-24H2,1-4H3. The van der Waals surface area contributed by atoms with Crippen LogP contribution < -0.4 is 34.1 Å². The van der Waals surface area contributed by atoms with Crippen LogP contribution in [-0.4, -0.2) is 188 Å². The highest BCUT2D eigenvalue weighted by Crippen LogP contribution is 2.34. The maximum atomic E-state index is 13.5. The molecule has 4 heterocycles. The molecular formula is C37H56N10O20. The molecule has 2 aromatic heterocycles. The molecule has 2 saturated heterocycles. The lowest BCUT2D eigenvalue weighted by Crippen LogP contribution is -2.55. The van der Waals surface area contributed by atoms with E-state index < -0.39 is 155 Å². The topological polar surface area (TPSA) is 335 Å². The Balaban J connectivity index is 1.46. The summed E-state index contributed by atoms with van der Waals surface area (Å²) in [5, 5.41) is 18.5. The molecule has 0 bridgehead atoms. The van der Waals surface area contributed by atoms with Crippen LogP contribution in [0.3, 0.4) is 0 Å². The molecule has 30 heteroatoms. The zero-order valence-electron chi connectivity index (χ0n) is 37.5. The third-order valence-corrected chi connectivity index (χ3v) is 10.4. The summed E-state index contributed by atoms with van der Waals surface area (Å²) in [6, 6.07) is -1.08. The van der Waals surface area contributed by atoms with Crippen molar-refractivity contribution in [1.82, 2.24) is 47.0 Å². The number of esters is 3. The molecule has 2 aliphatic heterocycles. The predicted molar refractivity (Wildman–Crippen MR) is 222 cm³/mol. The van der Waals surface area contributed by atoms with Gasteiger partial charge in [0.25, 0.3) is 0 Å². The van der Waals surface area contributed by atoms with Crippen molar-refractivity contribution >= 4 is 30.0 Å². The quantitative estimate of drug-likeness (QED) is 0.0436. The van der Waals surface area contributed by atoms with Crippen LogP contribution in [0.2, 0.25) is 0 Å². The Morgan fingerprint density at radius 2 is 0.791 bits per heavy atom. The van der Waals surface area contributed by atoms with Gasteiger partial charge in [0.05, 0.1) is 65.8 Å². The van der Waals surface area contributed by atoms with E-state index in [0.717, 1.165) is 7.11 Å². The van der Waals surface area contributed by atoms with Gasteiger partial charge in [-0.05, 0) is 12.8 Å². The number of nitrogens with zero attached hydrogens (tertiary/aromatic N) is 10. The summed E-state index contributed by atoms with van der Waals surface area (Å²) in [6.07, 6.45) is -2.63. The average molecular weight is 961 g/mol. The largest absolute Gasteiger partial charge is 0.469 e. The van der Waals surface area contributed by atoms with Gasteiger partial charge in [0, 0.05) is 47.6 Å². The number of carbonyl (C=O) groups excluding carboxylic acids is 5. The smallest absolute Gasteiger partial charge is 0.336 e. The normalized spacial score (nSPS) is 15.7. The molecule has 0 aromatic carbocycles. The lowest BCUT2D eigenvalue weighted by atomic mass is 10.3. The van der Waals surface area contributed by atoms with Crippen LogP contribution >= 0.6 is 0 Å². The Hall–Kier alpha value is -6.47. The van der Waals surface area contributed by atoms with E-state index in [9.17, 15) is 57.8 Å². The average Bonchev–Trinajstić information content (AvgIpc) is 3.71. The summed E-state index contributed by atoms with van der Waals surface area (Å²) in [5.41, 5.74) is -6.92. The Morgan fingerprint density at radius 3 is 1.18 bits per heavy atom. The van der Waals surface area contributed by atoms with Crippen LogP contribution in [0.1, 0.15) is 32.1 Å². The van der Waals surface area contributed by atoms with Crippen LogP contribution in [-0.2, 0) is 86.8 Å². The summed E-state index contributed by atoms with van der Waals surface area (Å²) < 4.78 is 39.5. The van der Waals surface area contributed by atoms with Gasteiger partial charge in [0.15, 0.2) is 12.3 Å². The number of carbonyl (C=O) groups is 5. The number of fused-ring (bicyclic) bond motifs is 1. The van der Waals surface area contributed by atoms with E-state index in [1.165, 1.54) is 40.9 Å². The van der Waals surface area contributed by atoms with Gasteiger partial charge in [-0.1, -0.05) is 0 Å². The zero-order valence-corrected chi connectivity index (χ0v) is 37.5. The van der Waals surface area contributed by atoms with E-state index in [1.54, 1.807) is 0 Å². The van der Waals surface area contributed by atoms with Gasteiger partial charge in [0.1, 0.15) is 33.5 Å². The third-order valence-electron chi connectivity index (χ3n) is 10.4. The van der Waals surface area contributed by atoms with Gasteiger partial charge in [-0.25, -0.2) is 65.8 Å². The second-order valence-corrected chi connectivity index (χ2v) is 14.6. The fraction of sp³-hybridized carbons (Fsp3) is 0.703. The van der Waals surface area contributed by atoms with E-state index in [0.29, 0.717) is 40.2 Å². The SMILES string of the molecule is COCN1C(=O)N(COC)C2C1N(COC)C(=O)N2COCCn1c(=O)n(CCO)c(=O)n(CCOC(=O)CCn2c(=O)n(CCC(=O)OC)c(=O)n(CCC(=O)OCCCCO)c2=O)c1=O. The maximum Gasteiger partial charge on any atom is 0.336 e. The number of hydrogen-bond acceptors (Lipinski definition) is 20. The maximum absolute atomic E-state index is 13.5. The number of aliphatic hydroxyl groups excluding tert-OH is 2. The predicted octanol–water partition coefficient (Wildman–Crippen LogP) is -5.54. The molecule has 2 N–H and O–H groups in total. The Kier molecular flexibility index (Phi) is 20.2. The van der Waals surface area contributed by atoms with Crippen LogP contribution in [0.5, 0.6) is 0 Å². The van der Waals surface area contributed by atoms with Crippen LogP contribution in [0, 0.1) is 0 Å². The van der Waals surface area contributed by atoms with Crippen molar-refractivity contribution in [3.8, 4) is 0 Å². The lowest BCUT2D eigenvalue weighted by molar-refractivity contribution is -0.145. The summed E-state index contributed by atoms with van der Waals surface area (Å²) in [7, 11) is 5.18. The number of hydrogen-bond donors (Lipinski definition) is 2. The second kappa shape index (κ2) is 25.4. The summed E-state index contributed by atoms with van der Waals surface area (Å²) >= 11 is 0. The Morgan fingerprint density at radius 1 is 0.433 bits per heavy atom. The van der Waals surface area contributed by atoms with Crippen molar-refractivity contribution in [2.75, 3.05) is 88.4 Å². The molecule has 0 saturated carbocycles. The molecule has 374 valence electrons. The highest BCUT2D eigenvalue weighted by molar-refractivity contribution is 5.85. The van der Waals surface area contributed by atoms with E-state index in [-0.39, 0.29) is 40.0 Å². The number of methoxy groups -OCH3 is 4. The van der Waals surface area contributed by atoms with Crippen molar-refractivity contribution in [3.05, 3.63) is 62.9 Å². The first-order chi connectivity index (χ1) is 32.1. The van der Waals surface area contributed by atoms with Crippen molar-refractivity contribution in [2.45, 2.75) is 83.7 Å². The molecule has 4 rings (SSSR count). The van der Waals surface area contributed by atoms with Gasteiger partial charge < -0.3 is 43.4 Å². The van der Waals surface area contributed by atoms with Crippen molar-refractivity contribution in [3.63, 3.8) is 0 Å². The van der Waals surface area contributed by atoms with Gasteiger partial charge in [-0.2, -0.15) is 0 Å². The highest BCUT2D eigenvalue weighted by Gasteiger charge is 2.59. The van der Waals surface area contributed by atoms with Gasteiger partial charge in [-0.15, -0.1) is 0 Å². The summed E-state index contributed by atoms with van der Waals surface area (Å²) in [4.78, 5) is 149. The minimum atomic E-state index is -1.19. The fourth-order valence-corrected chi connectivity index (χ4v) is 7.14. The molecule has 2 unspecified atom stereocenters. The molecule has 0 spiro atoms. The van der Waals surface area contributed by atoms with Crippen molar-refractivity contribution in [1.29, 1.82) is 0 Å². The first-order valence-electron chi connectivity index (χ1n) is 20.8. The van der Waals surface area contributed by atoms with E-state index in [2.05, 4.69) is 4.74 Å². The van der Waals surface area contributed by atoms with Crippen LogP contribution in [0.25, 0.3) is 0 Å². The minimum Gasteiger partial charge on any atom is -0.469 e. The molecule has 2 aromatic rings. The van der Waals surface area contributed by atoms with Crippen molar-refractivity contribution < 1.29 is 67.3 Å². The number of urea groups is 2. The van der Waals surface area contributed by atoms with Gasteiger partial charge >= 0.3 is 64.1 Å². The monoisotopic (exact) mass is 960 g/mol. The molecular weight excluding hydrogens is 904 g/mol.